The summed E-state index contributed by atoms with van der Waals surface area (Å²) in [6.45, 7) is 16.4. The summed E-state index contributed by atoms with van der Waals surface area (Å²) in [6.07, 6.45) is 15.1. The molecule has 0 aromatic rings. The van der Waals surface area contributed by atoms with Crippen molar-refractivity contribution in [1.82, 2.24) is 0 Å². The van der Waals surface area contributed by atoms with Crippen molar-refractivity contribution in [2.75, 3.05) is 13.2 Å². The van der Waals surface area contributed by atoms with Crippen LogP contribution >= 0.6 is 0 Å². The van der Waals surface area contributed by atoms with Crippen LogP contribution in [0.4, 0.5) is 0 Å². The molecule has 3 N–H and O–H groups in total. The molecular weight excluding hydrogens is 406 g/mol. The molecule has 0 saturated heterocycles. The van der Waals surface area contributed by atoms with Gasteiger partial charge in [0.25, 0.3) is 0 Å². The van der Waals surface area contributed by atoms with E-state index in [1.54, 1.807) is 0 Å². The highest BCUT2D eigenvalue weighted by molar-refractivity contribution is 5.18. The third-order valence-corrected chi connectivity index (χ3v) is 11.9. The molecule has 0 spiro atoms. The van der Waals surface area contributed by atoms with Gasteiger partial charge in [-0.1, -0.05) is 41.0 Å². The summed E-state index contributed by atoms with van der Waals surface area (Å²) in [4.78, 5) is 0. The second-order valence-corrected chi connectivity index (χ2v) is 13.9. The molecule has 4 fully saturated rings. The number of hydrogen-bond acceptors (Lipinski definition) is 3. The molecule has 0 heterocycles. The summed E-state index contributed by atoms with van der Waals surface area (Å²) in [5.74, 6) is 3.93. The van der Waals surface area contributed by atoms with Crippen LogP contribution in [0.15, 0.2) is 0 Å². The second kappa shape index (κ2) is 9.40. The molecule has 0 amide bonds. The first-order valence-corrected chi connectivity index (χ1v) is 14.6. The molecule has 33 heavy (non-hydrogen) atoms. The zero-order valence-corrected chi connectivity index (χ0v) is 22.8. The van der Waals surface area contributed by atoms with Crippen LogP contribution in [0.25, 0.3) is 0 Å². The molecule has 3 heteroatoms. The lowest BCUT2D eigenvalue weighted by molar-refractivity contribution is -0.135. The summed E-state index contributed by atoms with van der Waals surface area (Å²) >= 11 is 0. The average Bonchev–Trinajstić information content (AvgIpc) is 3.34. The van der Waals surface area contributed by atoms with E-state index in [1.807, 2.05) is 0 Å². The van der Waals surface area contributed by atoms with Crippen LogP contribution in [0.5, 0.6) is 0 Å². The van der Waals surface area contributed by atoms with Gasteiger partial charge in [0, 0.05) is 6.61 Å². The van der Waals surface area contributed by atoms with E-state index in [4.69, 9.17) is 10.5 Å². The Morgan fingerprint density at radius 2 is 1.82 bits per heavy atom. The van der Waals surface area contributed by atoms with E-state index in [2.05, 4.69) is 41.5 Å². The van der Waals surface area contributed by atoms with Crippen LogP contribution in [0.3, 0.4) is 0 Å². The molecule has 0 aromatic carbocycles. The van der Waals surface area contributed by atoms with E-state index in [-0.39, 0.29) is 11.7 Å². The number of ether oxygens (including phenoxy) is 1. The number of aliphatic hydroxyl groups excluding tert-OH is 1. The van der Waals surface area contributed by atoms with Gasteiger partial charge in [0.15, 0.2) is 0 Å². The predicted molar refractivity (Wildman–Crippen MR) is 138 cm³/mol. The number of rotatable bonds is 9. The molecule has 0 aliphatic heterocycles. The standard InChI is InChI=1S/C30H55NO2/c1-7-25-24-10-9-22-17-23(32)12-15-29(22,6)26(24)13-14-27(25,4)19-28(5)20-30(28,33-8-2)16-11-21(3)18-31/h21-26,32H,7-20,31H2,1-6H3/t21-,22?,23-,24?,25?,26?,27+,28-,29-,30+/m0/s1. The molecule has 0 aromatic heterocycles. The van der Waals surface area contributed by atoms with Crippen molar-refractivity contribution in [2.45, 2.75) is 130 Å². The van der Waals surface area contributed by atoms with Crippen LogP contribution in [0.1, 0.15) is 119 Å². The Bertz CT molecular complexity index is 682. The van der Waals surface area contributed by atoms with E-state index in [0.717, 1.165) is 49.7 Å². The molecular formula is C30H55NO2. The summed E-state index contributed by atoms with van der Waals surface area (Å²) < 4.78 is 6.55. The van der Waals surface area contributed by atoms with Crippen LogP contribution < -0.4 is 5.73 Å². The van der Waals surface area contributed by atoms with Crippen molar-refractivity contribution in [2.24, 2.45) is 51.6 Å². The highest BCUT2D eigenvalue weighted by atomic mass is 16.5. The maximum absolute atomic E-state index is 10.3. The summed E-state index contributed by atoms with van der Waals surface area (Å²) in [5.41, 5.74) is 7.25. The van der Waals surface area contributed by atoms with E-state index in [0.29, 0.717) is 22.2 Å². The van der Waals surface area contributed by atoms with Crippen LogP contribution in [-0.2, 0) is 4.74 Å². The van der Waals surface area contributed by atoms with Crippen LogP contribution in [0.2, 0.25) is 0 Å². The molecule has 4 saturated carbocycles. The number of fused-ring (bicyclic) bond motifs is 3. The van der Waals surface area contributed by atoms with Crippen molar-refractivity contribution in [3.63, 3.8) is 0 Å². The van der Waals surface area contributed by atoms with Crippen molar-refractivity contribution >= 4 is 0 Å². The van der Waals surface area contributed by atoms with Crippen LogP contribution in [0, 0.1) is 45.8 Å². The fourth-order valence-electron chi connectivity index (χ4n) is 9.91. The molecule has 192 valence electrons. The Morgan fingerprint density at radius 1 is 1.06 bits per heavy atom. The monoisotopic (exact) mass is 461 g/mol. The minimum Gasteiger partial charge on any atom is -0.393 e. The first-order valence-electron chi connectivity index (χ1n) is 14.6. The molecule has 4 rings (SSSR count). The Hall–Kier alpha value is -0.120. The minimum atomic E-state index is -0.0426. The van der Waals surface area contributed by atoms with Gasteiger partial charge in [-0.05, 0) is 130 Å². The van der Waals surface area contributed by atoms with Crippen molar-refractivity contribution < 1.29 is 9.84 Å². The molecule has 4 aliphatic rings. The third kappa shape index (κ3) is 4.46. The fraction of sp³-hybridized carbons (Fsp3) is 1.00. The lowest BCUT2D eigenvalue weighted by Gasteiger charge is -2.62. The van der Waals surface area contributed by atoms with E-state index in [9.17, 15) is 5.11 Å². The Balaban J connectivity index is 1.50. The number of nitrogens with two attached hydrogens (primary N) is 1. The van der Waals surface area contributed by atoms with Crippen molar-refractivity contribution in [1.29, 1.82) is 0 Å². The van der Waals surface area contributed by atoms with Gasteiger partial charge in [-0.3, -0.25) is 0 Å². The Kier molecular flexibility index (Phi) is 7.39. The Morgan fingerprint density at radius 3 is 2.48 bits per heavy atom. The first kappa shape index (κ1) is 26.0. The molecule has 10 atom stereocenters. The second-order valence-electron chi connectivity index (χ2n) is 13.9. The van der Waals surface area contributed by atoms with Gasteiger partial charge < -0.3 is 15.6 Å². The average molecular weight is 462 g/mol. The molecule has 4 unspecified atom stereocenters. The maximum atomic E-state index is 10.3. The lowest BCUT2D eigenvalue weighted by Crippen LogP contribution is -2.54. The Labute approximate surface area is 205 Å². The molecule has 4 aliphatic carbocycles. The predicted octanol–water partition coefficient (Wildman–Crippen LogP) is 6.96. The maximum Gasteiger partial charge on any atom is 0.0743 e. The minimum absolute atomic E-state index is 0.0426. The zero-order chi connectivity index (χ0) is 24.1. The topological polar surface area (TPSA) is 55.5 Å². The highest BCUT2D eigenvalue weighted by Crippen LogP contribution is 2.70. The fourth-order valence-corrected chi connectivity index (χ4v) is 9.91. The zero-order valence-electron chi connectivity index (χ0n) is 22.8. The van der Waals surface area contributed by atoms with Crippen molar-refractivity contribution in [3.8, 4) is 0 Å². The van der Waals surface area contributed by atoms with Gasteiger partial charge in [-0.25, -0.2) is 0 Å². The smallest absolute Gasteiger partial charge is 0.0743 e. The van der Waals surface area contributed by atoms with Gasteiger partial charge in [0.05, 0.1) is 11.7 Å². The quantitative estimate of drug-likeness (QED) is 0.390. The third-order valence-electron chi connectivity index (χ3n) is 11.9. The molecule has 0 radical (unpaired) electrons. The number of hydrogen-bond donors (Lipinski definition) is 2. The summed E-state index contributed by atoms with van der Waals surface area (Å²) in [7, 11) is 0. The van der Waals surface area contributed by atoms with E-state index in [1.165, 1.54) is 64.2 Å². The normalized spacial score (nSPS) is 50.4. The highest BCUT2D eigenvalue weighted by Gasteiger charge is 2.67. The molecule has 3 nitrogen and oxygen atoms in total. The first-order chi connectivity index (χ1) is 15.6. The van der Waals surface area contributed by atoms with E-state index < -0.39 is 0 Å². The van der Waals surface area contributed by atoms with Gasteiger partial charge >= 0.3 is 0 Å². The van der Waals surface area contributed by atoms with Crippen molar-refractivity contribution in [3.05, 3.63) is 0 Å². The van der Waals surface area contributed by atoms with Gasteiger partial charge in [0.1, 0.15) is 0 Å². The summed E-state index contributed by atoms with van der Waals surface area (Å²) in [5, 5.41) is 10.3. The largest absolute Gasteiger partial charge is 0.393 e. The van der Waals surface area contributed by atoms with Gasteiger partial charge in [-0.15, -0.1) is 0 Å². The SMILES string of the molecule is CCO[C@]1(CC[C@H](C)CN)C[C@]1(C)C[C@@]1(C)CCC2C(CCC3C[C@@H](O)CC[C@@]32C)C1CC. The molecule has 0 bridgehead atoms. The van der Waals surface area contributed by atoms with Gasteiger partial charge in [0.2, 0.25) is 0 Å². The van der Waals surface area contributed by atoms with E-state index >= 15 is 0 Å². The summed E-state index contributed by atoms with van der Waals surface area (Å²) in [6, 6.07) is 0. The van der Waals surface area contributed by atoms with Gasteiger partial charge in [-0.2, -0.15) is 0 Å². The lowest BCUT2D eigenvalue weighted by atomic mass is 9.43. The van der Waals surface area contributed by atoms with Crippen LogP contribution in [-0.4, -0.2) is 30.0 Å². The number of aliphatic hydroxyl groups is 1.